The van der Waals surface area contributed by atoms with Crippen molar-refractivity contribution in [2.24, 2.45) is 0 Å². The van der Waals surface area contributed by atoms with Gasteiger partial charge in [-0.15, -0.1) is 0 Å². The van der Waals surface area contributed by atoms with Crippen molar-refractivity contribution in [1.82, 2.24) is 14.9 Å². The highest BCUT2D eigenvalue weighted by Crippen LogP contribution is 2.39. The standard InChI is InChI=1S/C23H27N3O5/c1-28-14-7-8-15(19(10-14)29-2)18-6-5-9-26(18)13-22-24-17-12-21(31-4)20(30-3)11-16(17)23(27)25-22/h7-8,10-12,18H,5-6,9,13H2,1-4H3,(H,24,25,27)/t18-/m1/s1. The lowest BCUT2D eigenvalue weighted by atomic mass is 10.0. The molecule has 2 heterocycles. The number of aromatic nitrogens is 2. The molecular formula is C23H27N3O5. The van der Waals surface area contributed by atoms with Crippen molar-refractivity contribution in [1.29, 1.82) is 0 Å². The molecule has 1 N–H and O–H groups in total. The van der Waals surface area contributed by atoms with Gasteiger partial charge in [0.25, 0.3) is 5.56 Å². The fraction of sp³-hybridized carbons (Fsp3) is 0.391. The SMILES string of the molecule is COc1ccc([C@H]2CCCN2Cc2nc3cc(OC)c(OC)cc3c(=O)[nH]2)c(OC)c1. The van der Waals surface area contributed by atoms with Crippen LogP contribution < -0.4 is 24.5 Å². The number of hydrogen-bond acceptors (Lipinski definition) is 7. The highest BCUT2D eigenvalue weighted by atomic mass is 16.5. The zero-order valence-electron chi connectivity index (χ0n) is 18.2. The number of rotatable bonds is 7. The highest BCUT2D eigenvalue weighted by molar-refractivity contribution is 5.81. The van der Waals surface area contributed by atoms with Crippen molar-refractivity contribution < 1.29 is 18.9 Å². The van der Waals surface area contributed by atoms with Crippen molar-refractivity contribution in [3.05, 3.63) is 52.1 Å². The van der Waals surface area contributed by atoms with Gasteiger partial charge in [0.1, 0.15) is 17.3 Å². The summed E-state index contributed by atoms with van der Waals surface area (Å²) in [6, 6.07) is 9.47. The van der Waals surface area contributed by atoms with Gasteiger partial charge in [0, 0.05) is 23.7 Å². The van der Waals surface area contributed by atoms with Gasteiger partial charge in [0.05, 0.1) is 45.9 Å². The molecule has 0 unspecified atom stereocenters. The molecule has 1 atom stereocenters. The minimum absolute atomic E-state index is 0.173. The summed E-state index contributed by atoms with van der Waals surface area (Å²) in [7, 11) is 6.42. The van der Waals surface area contributed by atoms with Gasteiger partial charge >= 0.3 is 0 Å². The van der Waals surface area contributed by atoms with E-state index in [0.717, 1.165) is 36.4 Å². The average molecular weight is 425 g/mol. The number of hydrogen-bond donors (Lipinski definition) is 1. The molecule has 31 heavy (non-hydrogen) atoms. The second-order valence-corrected chi connectivity index (χ2v) is 7.47. The molecule has 1 saturated heterocycles. The van der Waals surface area contributed by atoms with Crippen LogP contribution in [-0.2, 0) is 6.54 Å². The Labute approximate surface area is 180 Å². The highest BCUT2D eigenvalue weighted by Gasteiger charge is 2.29. The molecule has 8 heteroatoms. The number of likely N-dealkylation sites (tertiary alicyclic amines) is 1. The number of H-pyrrole nitrogens is 1. The summed E-state index contributed by atoms with van der Waals surface area (Å²) >= 11 is 0. The molecule has 164 valence electrons. The molecule has 0 saturated carbocycles. The largest absolute Gasteiger partial charge is 0.497 e. The maximum absolute atomic E-state index is 12.7. The second kappa shape index (κ2) is 8.85. The zero-order valence-corrected chi connectivity index (χ0v) is 18.2. The maximum Gasteiger partial charge on any atom is 0.258 e. The van der Waals surface area contributed by atoms with Gasteiger partial charge < -0.3 is 23.9 Å². The van der Waals surface area contributed by atoms with Crippen LogP contribution >= 0.6 is 0 Å². The van der Waals surface area contributed by atoms with E-state index in [1.54, 1.807) is 40.6 Å². The van der Waals surface area contributed by atoms with Gasteiger partial charge in [0.15, 0.2) is 11.5 Å². The third kappa shape index (κ3) is 4.03. The Morgan fingerprint density at radius 3 is 2.45 bits per heavy atom. The van der Waals surface area contributed by atoms with Gasteiger partial charge in [0.2, 0.25) is 0 Å². The third-order valence-corrected chi connectivity index (χ3v) is 5.78. The molecule has 1 aromatic heterocycles. The third-order valence-electron chi connectivity index (χ3n) is 5.78. The predicted octanol–water partition coefficient (Wildman–Crippen LogP) is 3.29. The smallest absolute Gasteiger partial charge is 0.258 e. The van der Waals surface area contributed by atoms with Crippen molar-refractivity contribution in [2.45, 2.75) is 25.4 Å². The summed E-state index contributed by atoms with van der Waals surface area (Å²) in [6.07, 6.45) is 2.06. The minimum Gasteiger partial charge on any atom is -0.497 e. The van der Waals surface area contributed by atoms with E-state index in [9.17, 15) is 4.79 Å². The van der Waals surface area contributed by atoms with E-state index in [0.29, 0.717) is 34.8 Å². The molecule has 0 aliphatic carbocycles. The Balaban J connectivity index is 1.66. The lowest BCUT2D eigenvalue weighted by Gasteiger charge is -2.26. The van der Waals surface area contributed by atoms with E-state index < -0.39 is 0 Å². The van der Waals surface area contributed by atoms with Crippen LogP contribution in [0.15, 0.2) is 35.1 Å². The monoisotopic (exact) mass is 425 g/mol. The number of nitrogens with one attached hydrogen (secondary N) is 1. The summed E-state index contributed by atoms with van der Waals surface area (Å²) in [5.74, 6) is 3.22. The summed E-state index contributed by atoms with van der Waals surface area (Å²) in [5, 5.41) is 0.469. The quantitative estimate of drug-likeness (QED) is 0.622. The Hall–Kier alpha value is -3.26. The molecule has 0 spiro atoms. The summed E-state index contributed by atoms with van der Waals surface area (Å²) < 4.78 is 21.6. The van der Waals surface area contributed by atoms with E-state index in [-0.39, 0.29) is 11.6 Å². The number of aromatic amines is 1. The van der Waals surface area contributed by atoms with E-state index >= 15 is 0 Å². The molecule has 1 aliphatic rings. The first kappa shape index (κ1) is 21.0. The maximum atomic E-state index is 12.7. The van der Waals surface area contributed by atoms with E-state index in [1.807, 2.05) is 18.2 Å². The average Bonchev–Trinajstić information content (AvgIpc) is 3.25. The molecule has 1 fully saturated rings. The lowest BCUT2D eigenvalue weighted by molar-refractivity contribution is 0.237. The van der Waals surface area contributed by atoms with E-state index in [2.05, 4.69) is 9.88 Å². The predicted molar refractivity (Wildman–Crippen MR) is 117 cm³/mol. The van der Waals surface area contributed by atoms with Crippen LogP contribution in [0.25, 0.3) is 10.9 Å². The molecule has 0 bridgehead atoms. The van der Waals surface area contributed by atoms with Gasteiger partial charge in [-0.2, -0.15) is 0 Å². The van der Waals surface area contributed by atoms with Crippen molar-refractivity contribution in [3.8, 4) is 23.0 Å². The van der Waals surface area contributed by atoms with Crippen LogP contribution in [0.4, 0.5) is 0 Å². The van der Waals surface area contributed by atoms with E-state index in [4.69, 9.17) is 23.9 Å². The first-order valence-corrected chi connectivity index (χ1v) is 10.2. The minimum atomic E-state index is -0.196. The fourth-order valence-corrected chi connectivity index (χ4v) is 4.24. The van der Waals surface area contributed by atoms with Crippen LogP contribution in [0.1, 0.15) is 30.3 Å². The molecule has 4 rings (SSSR count). The zero-order chi connectivity index (χ0) is 22.0. The normalized spacial score (nSPS) is 16.5. The van der Waals surface area contributed by atoms with Gasteiger partial charge in [-0.05, 0) is 31.5 Å². The van der Waals surface area contributed by atoms with Gasteiger partial charge in [-0.25, -0.2) is 4.98 Å². The Morgan fingerprint density at radius 2 is 1.74 bits per heavy atom. The van der Waals surface area contributed by atoms with Crippen LogP contribution in [0, 0.1) is 0 Å². The molecule has 0 radical (unpaired) electrons. The fourth-order valence-electron chi connectivity index (χ4n) is 4.24. The molecule has 8 nitrogen and oxygen atoms in total. The number of ether oxygens (including phenoxy) is 4. The summed E-state index contributed by atoms with van der Waals surface area (Å²) in [5.41, 5.74) is 1.49. The van der Waals surface area contributed by atoms with Gasteiger partial charge in [-0.1, -0.05) is 6.07 Å². The number of methoxy groups -OCH3 is 4. The van der Waals surface area contributed by atoms with Crippen molar-refractivity contribution >= 4 is 10.9 Å². The Morgan fingerprint density at radius 1 is 1.00 bits per heavy atom. The van der Waals surface area contributed by atoms with Crippen molar-refractivity contribution in [3.63, 3.8) is 0 Å². The Kier molecular flexibility index (Phi) is 5.99. The van der Waals surface area contributed by atoms with Crippen LogP contribution in [0.2, 0.25) is 0 Å². The first-order chi connectivity index (χ1) is 15.1. The second-order valence-electron chi connectivity index (χ2n) is 7.47. The van der Waals surface area contributed by atoms with E-state index in [1.165, 1.54) is 0 Å². The Bertz CT molecular complexity index is 1140. The topological polar surface area (TPSA) is 85.9 Å². The molecule has 0 amide bonds. The molecule has 3 aromatic rings. The number of fused-ring (bicyclic) bond motifs is 1. The summed E-state index contributed by atoms with van der Waals surface area (Å²) in [4.78, 5) is 22.7. The lowest BCUT2D eigenvalue weighted by Crippen LogP contribution is -2.26. The molecule has 2 aromatic carbocycles. The molecule has 1 aliphatic heterocycles. The summed E-state index contributed by atoms with van der Waals surface area (Å²) in [6.45, 7) is 1.44. The van der Waals surface area contributed by atoms with Crippen LogP contribution in [0.3, 0.4) is 0 Å². The van der Waals surface area contributed by atoms with Gasteiger partial charge in [-0.3, -0.25) is 9.69 Å². The van der Waals surface area contributed by atoms with Crippen LogP contribution in [0.5, 0.6) is 23.0 Å². The number of benzene rings is 2. The first-order valence-electron chi connectivity index (χ1n) is 10.2. The van der Waals surface area contributed by atoms with Crippen molar-refractivity contribution in [2.75, 3.05) is 35.0 Å². The molecular weight excluding hydrogens is 398 g/mol. The van der Waals surface area contributed by atoms with Crippen LogP contribution in [-0.4, -0.2) is 49.9 Å². The number of nitrogens with zero attached hydrogens (tertiary/aromatic N) is 2.